The minimum Gasteiger partial charge on any atom is -0.467 e. The van der Waals surface area contributed by atoms with Gasteiger partial charge in [-0.2, -0.15) is 18.2 Å². The van der Waals surface area contributed by atoms with Crippen LogP contribution in [0.2, 0.25) is 0 Å². The number of ether oxygens (including phenoxy) is 1. The number of amides is 2. The Morgan fingerprint density at radius 2 is 1.92 bits per heavy atom. The Labute approximate surface area is 202 Å². The zero-order chi connectivity index (χ0) is 25.9. The fraction of sp³-hybridized carbons (Fsp3) is 0.174. The largest absolute Gasteiger partial charge is 0.467 e. The number of hydrogen-bond donors (Lipinski definition) is 3. The fourth-order valence-corrected chi connectivity index (χ4v) is 3.37. The van der Waals surface area contributed by atoms with Gasteiger partial charge in [-0.3, -0.25) is 9.84 Å². The van der Waals surface area contributed by atoms with Crippen molar-refractivity contribution in [2.24, 2.45) is 0 Å². The lowest BCUT2D eigenvalue weighted by Crippen LogP contribution is -2.35. The molecule has 0 saturated heterocycles. The average molecular weight is 500 g/mol. The lowest BCUT2D eigenvalue weighted by Gasteiger charge is -2.11. The number of rotatable bonds is 6. The van der Waals surface area contributed by atoms with E-state index < -0.39 is 17.8 Å². The van der Waals surface area contributed by atoms with E-state index in [9.17, 15) is 18.0 Å². The number of carbonyl (C=O) groups excluding carboxylic acids is 1. The van der Waals surface area contributed by atoms with Crippen molar-refractivity contribution < 1.29 is 31.9 Å². The van der Waals surface area contributed by atoms with E-state index in [1.54, 1.807) is 6.20 Å². The predicted molar refractivity (Wildman–Crippen MR) is 123 cm³/mol. The van der Waals surface area contributed by atoms with E-state index in [0.29, 0.717) is 12.6 Å². The maximum Gasteiger partial charge on any atom is 0.416 e. The van der Waals surface area contributed by atoms with Crippen LogP contribution in [0.25, 0.3) is 11.1 Å². The van der Waals surface area contributed by atoms with Gasteiger partial charge in [0.15, 0.2) is 0 Å². The third-order valence-corrected chi connectivity index (χ3v) is 5.04. The molecule has 0 fully saturated rings. The summed E-state index contributed by atoms with van der Waals surface area (Å²) in [4.78, 5) is 20.6. The highest BCUT2D eigenvalue weighted by molar-refractivity contribution is 5.99. The Morgan fingerprint density at radius 1 is 1.17 bits per heavy atom. The third kappa shape index (κ3) is 5.87. The van der Waals surface area contributed by atoms with E-state index in [2.05, 4.69) is 25.9 Å². The van der Waals surface area contributed by atoms with Gasteiger partial charge in [0.25, 0.3) is 6.20 Å². The van der Waals surface area contributed by atoms with Gasteiger partial charge in [-0.1, -0.05) is 24.3 Å². The van der Waals surface area contributed by atoms with Gasteiger partial charge in [-0.15, -0.1) is 0 Å². The second-order valence-corrected chi connectivity index (χ2v) is 7.74. The maximum absolute atomic E-state index is 12.9. The first-order valence-corrected chi connectivity index (χ1v) is 10.5. The number of nitrogens with zero attached hydrogens (tertiary/aromatic N) is 4. The minimum absolute atomic E-state index is 0.00456. The first-order valence-electron chi connectivity index (χ1n) is 10.5. The van der Waals surface area contributed by atoms with Crippen LogP contribution in [0, 0.1) is 6.92 Å². The lowest BCUT2D eigenvalue weighted by molar-refractivity contribution is -0.754. The number of alkyl halides is 3. The molecular weight excluding hydrogens is 479 g/mol. The second-order valence-electron chi connectivity index (χ2n) is 7.74. The van der Waals surface area contributed by atoms with Crippen LogP contribution in [0.5, 0.6) is 6.01 Å². The third-order valence-electron chi connectivity index (χ3n) is 5.04. The van der Waals surface area contributed by atoms with Crippen LogP contribution in [0.15, 0.2) is 59.4 Å². The minimum atomic E-state index is -4.60. The highest BCUT2D eigenvalue weighted by Crippen LogP contribution is 2.32. The van der Waals surface area contributed by atoms with E-state index in [0.717, 1.165) is 34.5 Å². The first-order chi connectivity index (χ1) is 17.1. The normalized spacial score (nSPS) is 11.2. The number of benzene rings is 2. The molecule has 0 atom stereocenters. The molecule has 2 aromatic carbocycles. The molecule has 0 aliphatic carbocycles. The number of aryl methyl sites for hydroxylation is 1. The molecule has 36 heavy (non-hydrogen) atoms. The van der Waals surface area contributed by atoms with Crippen molar-refractivity contribution in [3.05, 3.63) is 71.7 Å². The monoisotopic (exact) mass is 500 g/mol. The van der Waals surface area contributed by atoms with E-state index in [1.165, 1.54) is 24.1 Å². The highest BCUT2D eigenvalue weighted by Gasteiger charge is 2.31. The Morgan fingerprint density at radius 3 is 2.58 bits per heavy atom. The van der Waals surface area contributed by atoms with E-state index in [1.807, 2.05) is 31.2 Å². The Hall–Kier alpha value is -4.68. The number of carbonyl (C=O) groups is 1. The quantitative estimate of drug-likeness (QED) is 0.269. The molecule has 10 nitrogen and oxygen atoms in total. The molecule has 4 N–H and O–H groups in total. The van der Waals surface area contributed by atoms with Gasteiger partial charge in [0, 0.05) is 28.7 Å². The Bertz CT molecular complexity index is 1390. The molecule has 0 unspecified atom stereocenters. The number of aromatic nitrogens is 4. The van der Waals surface area contributed by atoms with E-state index >= 15 is 0 Å². The predicted octanol–water partition coefficient (Wildman–Crippen LogP) is 4.03. The lowest BCUT2D eigenvalue weighted by atomic mass is 10.0. The summed E-state index contributed by atoms with van der Waals surface area (Å²) >= 11 is 0. The van der Waals surface area contributed by atoms with Crippen molar-refractivity contribution in [2.75, 3.05) is 23.5 Å². The number of nitrogens with one attached hydrogen (secondary N) is 2. The molecule has 2 amide bonds. The van der Waals surface area contributed by atoms with Crippen LogP contribution in [0.3, 0.4) is 0 Å². The SMILES string of the molecule is COc1ncc(-c2ccc(C[n+]3cc(NC(=O)Nc4cc(N)cc(C(F)(F)F)c4)on3)cc2)c(C)n1. The molecule has 0 spiro atoms. The zero-order valence-electron chi connectivity index (χ0n) is 19.1. The van der Waals surface area contributed by atoms with Crippen molar-refractivity contribution in [1.29, 1.82) is 0 Å². The average Bonchev–Trinajstić information content (AvgIpc) is 3.25. The molecule has 4 aromatic rings. The second kappa shape index (κ2) is 9.90. The number of halogens is 3. The molecular formula is C23H21F3N7O3+. The molecule has 0 aliphatic rings. The van der Waals surface area contributed by atoms with Crippen LogP contribution in [0.1, 0.15) is 16.8 Å². The number of methoxy groups -OCH3 is 1. The number of nitrogens with two attached hydrogens (primary N) is 1. The molecule has 0 aliphatic heterocycles. The summed E-state index contributed by atoms with van der Waals surface area (Å²) in [6.07, 6.45) is -1.47. The van der Waals surface area contributed by atoms with Crippen molar-refractivity contribution in [1.82, 2.24) is 15.2 Å². The fourth-order valence-electron chi connectivity index (χ4n) is 3.37. The molecule has 2 heterocycles. The van der Waals surface area contributed by atoms with Gasteiger partial charge in [-0.25, -0.2) is 9.78 Å². The van der Waals surface area contributed by atoms with Crippen molar-refractivity contribution in [3.63, 3.8) is 0 Å². The van der Waals surface area contributed by atoms with Crippen molar-refractivity contribution >= 4 is 23.3 Å². The number of urea groups is 1. The van der Waals surface area contributed by atoms with Gasteiger partial charge in [0.05, 0.1) is 18.4 Å². The summed E-state index contributed by atoms with van der Waals surface area (Å²) in [6, 6.07) is 9.88. The van der Waals surface area contributed by atoms with Crippen molar-refractivity contribution in [3.8, 4) is 17.1 Å². The number of anilines is 3. The smallest absolute Gasteiger partial charge is 0.416 e. The molecule has 0 bridgehead atoms. The summed E-state index contributed by atoms with van der Waals surface area (Å²) in [6.45, 7) is 2.21. The van der Waals surface area contributed by atoms with Crippen LogP contribution < -0.4 is 25.8 Å². The summed E-state index contributed by atoms with van der Waals surface area (Å²) in [5, 5.41) is 8.51. The number of nitrogen functional groups attached to an aromatic ring is 1. The van der Waals surface area contributed by atoms with Crippen LogP contribution in [0.4, 0.5) is 35.2 Å². The first kappa shape index (κ1) is 24.4. The molecule has 4 rings (SSSR count). The molecule has 0 radical (unpaired) electrons. The Kier molecular flexibility index (Phi) is 6.72. The molecule has 13 heteroatoms. The Balaban J connectivity index is 1.38. The van der Waals surface area contributed by atoms with E-state index in [-0.39, 0.29) is 17.3 Å². The van der Waals surface area contributed by atoms with Gasteiger partial charge >= 0.3 is 24.1 Å². The zero-order valence-corrected chi connectivity index (χ0v) is 19.1. The highest BCUT2D eigenvalue weighted by atomic mass is 19.4. The van der Waals surface area contributed by atoms with E-state index in [4.69, 9.17) is 15.0 Å². The van der Waals surface area contributed by atoms with Gasteiger partial charge in [0.2, 0.25) is 11.8 Å². The molecule has 2 aromatic heterocycles. The summed E-state index contributed by atoms with van der Waals surface area (Å²) in [7, 11) is 1.50. The van der Waals surface area contributed by atoms with Crippen molar-refractivity contribution in [2.45, 2.75) is 19.6 Å². The van der Waals surface area contributed by atoms with Crippen LogP contribution >= 0.6 is 0 Å². The number of hydrogen-bond acceptors (Lipinski definition) is 7. The van der Waals surface area contributed by atoms with Crippen LogP contribution in [-0.4, -0.2) is 28.4 Å². The van der Waals surface area contributed by atoms with Gasteiger partial charge in [0.1, 0.15) is 0 Å². The topological polar surface area (TPSA) is 132 Å². The maximum atomic E-state index is 12.9. The summed E-state index contributed by atoms with van der Waals surface area (Å²) < 4.78 is 50.4. The van der Waals surface area contributed by atoms with Crippen LogP contribution in [-0.2, 0) is 12.7 Å². The van der Waals surface area contributed by atoms with Gasteiger partial charge < -0.3 is 15.8 Å². The van der Waals surface area contributed by atoms with Gasteiger partial charge in [-0.05, 0) is 35.4 Å². The standard InChI is InChI=1S/C23H20F3N7O3/c1-13-19(10-28-22(29-13)35-2)15-5-3-14(4-6-15)11-33-12-20(36-32-33)31-21(34)30-18-8-16(23(24,25)26)7-17(27)9-18/h3-10,12H,11,27H2,1-2H3,(H-,30,31,32,34)/p+1. The summed E-state index contributed by atoms with van der Waals surface area (Å²) in [5.41, 5.74) is 7.75. The summed E-state index contributed by atoms with van der Waals surface area (Å²) in [5.74, 6) is -0.00456. The molecule has 186 valence electrons. The molecule has 0 saturated carbocycles.